The molecule has 1 unspecified atom stereocenters. The van der Waals surface area contributed by atoms with Crippen molar-refractivity contribution in [2.75, 3.05) is 31.2 Å². The Morgan fingerprint density at radius 1 is 1.29 bits per heavy atom. The minimum Gasteiger partial charge on any atom is -0.462 e. The highest BCUT2D eigenvalue weighted by atomic mass is 31.2. The zero-order valence-electron chi connectivity index (χ0n) is 21.5. The molecule has 1 saturated heterocycles. The summed E-state index contributed by atoms with van der Waals surface area (Å²) in [5.41, 5.74) is 6.77. The highest BCUT2D eigenvalue weighted by Crippen LogP contribution is 2.46. The van der Waals surface area contributed by atoms with E-state index in [1.54, 1.807) is 62.7 Å². The predicted molar refractivity (Wildman–Crippen MR) is 138 cm³/mol. The van der Waals surface area contributed by atoms with Crippen LogP contribution in [0.2, 0.25) is 0 Å². The Labute approximate surface area is 219 Å². The van der Waals surface area contributed by atoms with Gasteiger partial charge in [-0.05, 0) is 26.0 Å². The molecule has 1 aromatic carbocycles. The molecule has 15 heteroatoms. The van der Waals surface area contributed by atoms with Crippen LogP contribution >= 0.6 is 7.75 Å². The zero-order chi connectivity index (χ0) is 27.4. The van der Waals surface area contributed by atoms with Gasteiger partial charge in [0.2, 0.25) is 5.95 Å². The van der Waals surface area contributed by atoms with E-state index in [0.29, 0.717) is 17.0 Å². The van der Waals surface area contributed by atoms with Gasteiger partial charge in [0.1, 0.15) is 24.6 Å². The number of carbonyl (C=O) groups excluding carboxylic acids is 1. The molecule has 0 radical (unpaired) electrons. The molecule has 0 bridgehead atoms. The average molecular weight is 550 g/mol. The number of para-hydroxylation sites is 1. The van der Waals surface area contributed by atoms with E-state index < -0.39 is 44.6 Å². The zero-order valence-corrected chi connectivity index (χ0v) is 22.4. The second-order valence-electron chi connectivity index (χ2n) is 8.99. The Morgan fingerprint density at radius 3 is 2.71 bits per heavy atom. The lowest BCUT2D eigenvalue weighted by atomic mass is 10.0. The first-order valence-electron chi connectivity index (χ1n) is 12.1. The van der Waals surface area contributed by atoms with Crippen LogP contribution in [0, 0.1) is 5.92 Å². The second-order valence-corrected chi connectivity index (χ2v) is 10.7. The quantitative estimate of drug-likeness (QED) is 0.201. The van der Waals surface area contributed by atoms with E-state index in [1.165, 1.54) is 6.33 Å². The summed E-state index contributed by atoms with van der Waals surface area (Å²) in [5.74, 6) is -0.268. The summed E-state index contributed by atoms with van der Waals surface area (Å²) >= 11 is 0. The molecule has 0 spiro atoms. The molecular weight excluding hydrogens is 517 g/mol. The number of imidazole rings is 1. The Hall–Kier alpha value is -3.29. The van der Waals surface area contributed by atoms with Crippen LogP contribution < -0.4 is 20.7 Å². The lowest BCUT2D eigenvalue weighted by molar-refractivity contribution is -0.146. The third kappa shape index (κ3) is 6.22. The van der Waals surface area contributed by atoms with Gasteiger partial charge in [-0.15, -0.1) is 0 Å². The Morgan fingerprint density at radius 2 is 2.03 bits per heavy atom. The van der Waals surface area contributed by atoms with Gasteiger partial charge in [0, 0.05) is 13.0 Å². The van der Waals surface area contributed by atoms with Crippen LogP contribution in [0.4, 0.5) is 11.8 Å². The van der Waals surface area contributed by atoms with Gasteiger partial charge in [-0.2, -0.15) is 9.97 Å². The number of rotatable bonds is 11. The molecule has 0 aliphatic carbocycles. The van der Waals surface area contributed by atoms with E-state index in [-0.39, 0.29) is 24.4 Å². The minimum absolute atomic E-state index is 0.0516. The number of hydrogen-bond acceptors (Lipinski definition) is 12. The van der Waals surface area contributed by atoms with Crippen LogP contribution in [0.1, 0.15) is 27.0 Å². The summed E-state index contributed by atoms with van der Waals surface area (Å²) in [6.07, 6.45) is -1.36. The third-order valence-electron chi connectivity index (χ3n) is 5.80. The highest BCUT2D eigenvalue weighted by Gasteiger charge is 2.44. The predicted octanol–water partition coefficient (Wildman–Crippen LogP) is 2.09. The number of carbonyl (C=O) groups is 1. The summed E-state index contributed by atoms with van der Waals surface area (Å²) in [4.78, 5) is 24.8. The molecule has 14 nitrogen and oxygen atoms in total. The summed E-state index contributed by atoms with van der Waals surface area (Å²) in [5, 5.41) is 16.4. The van der Waals surface area contributed by atoms with Crippen LogP contribution in [0.5, 0.6) is 5.75 Å². The number of ether oxygens (including phenoxy) is 2. The summed E-state index contributed by atoms with van der Waals surface area (Å²) in [6, 6.07) is 8.37. The van der Waals surface area contributed by atoms with Gasteiger partial charge < -0.3 is 30.2 Å². The van der Waals surface area contributed by atoms with E-state index in [1.807, 2.05) is 0 Å². The smallest absolute Gasteiger partial charge is 0.459 e. The van der Waals surface area contributed by atoms with Gasteiger partial charge in [-0.25, -0.2) is 14.6 Å². The number of esters is 1. The number of hydrogen-bond donors (Lipinski definition) is 4. The van der Waals surface area contributed by atoms with Crippen molar-refractivity contribution in [3.8, 4) is 5.75 Å². The number of nitrogens with one attached hydrogen (secondary N) is 2. The van der Waals surface area contributed by atoms with Crippen molar-refractivity contribution < 1.29 is 33.0 Å². The van der Waals surface area contributed by atoms with Gasteiger partial charge in [0.05, 0.1) is 25.1 Å². The molecule has 5 N–H and O–H groups in total. The average Bonchev–Trinajstić information content (AvgIpc) is 3.42. The Bertz CT molecular complexity index is 1310. The van der Waals surface area contributed by atoms with Crippen LogP contribution in [-0.2, 0) is 23.4 Å². The van der Waals surface area contributed by atoms with Crippen molar-refractivity contribution in [3.63, 3.8) is 0 Å². The summed E-state index contributed by atoms with van der Waals surface area (Å²) in [6.45, 7) is 4.49. The van der Waals surface area contributed by atoms with Gasteiger partial charge in [0.15, 0.2) is 17.0 Å². The third-order valence-corrected chi connectivity index (χ3v) is 7.28. The Kier molecular flexibility index (Phi) is 8.48. The van der Waals surface area contributed by atoms with Crippen LogP contribution in [0.3, 0.4) is 0 Å². The van der Waals surface area contributed by atoms with Crippen molar-refractivity contribution in [3.05, 3.63) is 36.7 Å². The molecule has 1 aliphatic rings. The van der Waals surface area contributed by atoms with Gasteiger partial charge >= 0.3 is 13.7 Å². The van der Waals surface area contributed by atoms with Crippen molar-refractivity contribution in [2.45, 2.75) is 45.3 Å². The number of nitrogen functional groups attached to an aromatic ring is 1. The van der Waals surface area contributed by atoms with E-state index in [4.69, 9.17) is 24.3 Å². The largest absolute Gasteiger partial charge is 0.462 e. The van der Waals surface area contributed by atoms with E-state index in [0.717, 1.165) is 0 Å². The molecule has 2 aromatic heterocycles. The fraction of sp³-hybridized carbons (Fsp3) is 0.478. The number of aliphatic hydroxyl groups excluding tert-OH is 1. The number of aliphatic hydroxyl groups is 1. The number of nitrogens with two attached hydrogens (primary N) is 1. The van der Waals surface area contributed by atoms with Gasteiger partial charge in [0.25, 0.3) is 0 Å². The van der Waals surface area contributed by atoms with Crippen LogP contribution in [0.25, 0.3) is 11.2 Å². The van der Waals surface area contributed by atoms with Crippen molar-refractivity contribution in [2.24, 2.45) is 5.92 Å². The lowest BCUT2D eigenvalue weighted by Crippen LogP contribution is -2.32. The molecule has 4 rings (SSSR count). The SMILES string of the molecule is CNc1nc(N)nc2c1ncn2[C@@H]1O[C@H](COP(=O)(NCC(=O)OC(C)C)Oc2ccccc2)[C@@H](O)[C@@H]1C. The standard InChI is InChI=1S/C23H32N7O7P/c1-13(2)35-17(31)10-27-38(33,37-15-8-6-5-7-9-15)34-11-16-19(32)14(3)22(36-16)30-12-26-18-20(25-4)28-23(24)29-21(18)30/h5-9,12-14,16,19,22,32H,10-11H2,1-4H3,(H,27,33)(H3,24,25,28,29)/t14-,16+,19-,22+,38?/m0/s1. The maximum atomic E-state index is 13.6. The second kappa shape index (κ2) is 11.6. The van der Waals surface area contributed by atoms with Crippen molar-refractivity contribution in [1.82, 2.24) is 24.6 Å². The number of anilines is 2. The first-order valence-corrected chi connectivity index (χ1v) is 13.6. The molecule has 0 saturated carbocycles. The normalized spacial score (nSPS) is 22.9. The lowest BCUT2D eigenvalue weighted by Gasteiger charge is -2.22. The first-order chi connectivity index (χ1) is 18.1. The number of aromatic nitrogens is 4. The molecule has 38 heavy (non-hydrogen) atoms. The van der Waals surface area contributed by atoms with Crippen molar-refractivity contribution >= 4 is 36.6 Å². The van der Waals surface area contributed by atoms with Crippen LogP contribution in [-0.4, -0.2) is 69.1 Å². The molecule has 1 aliphatic heterocycles. The number of fused-ring (bicyclic) bond motifs is 1. The molecule has 3 heterocycles. The van der Waals surface area contributed by atoms with E-state index in [2.05, 4.69) is 25.4 Å². The number of nitrogens with zero attached hydrogens (tertiary/aromatic N) is 4. The van der Waals surface area contributed by atoms with Gasteiger partial charge in [-0.3, -0.25) is 13.9 Å². The minimum atomic E-state index is -4.08. The summed E-state index contributed by atoms with van der Waals surface area (Å²) in [7, 11) is -2.39. The van der Waals surface area contributed by atoms with Gasteiger partial charge in [-0.1, -0.05) is 25.1 Å². The topological polar surface area (TPSA) is 185 Å². The summed E-state index contributed by atoms with van der Waals surface area (Å²) < 4.78 is 37.7. The molecule has 1 fully saturated rings. The molecule has 206 valence electrons. The fourth-order valence-electron chi connectivity index (χ4n) is 4.00. The molecular formula is C23H32N7O7P. The first kappa shape index (κ1) is 27.7. The fourth-order valence-corrected chi connectivity index (χ4v) is 5.28. The maximum absolute atomic E-state index is 13.6. The van der Waals surface area contributed by atoms with E-state index >= 15 is 0 Å². The van der Waals surface area contributed by atoms with E-state index in [9.17, 15) is 14.5 Å². The van der Waals surface area contributed by atoms with Crippen molar-refractivity contribution in [1.29, 1.82) is 0 Å². The maximum Gasteiger partial charge on any atom is 0.459 e. The monoisotopic (exact) mass is 549 g/mol. The highest BCUT2D eigenvalue weighted by molar-refractivity contribution is 7.52. The van der Waals surface area contributed by atoms with Crippen LogP contribution in [0.15, 0.2) is 36.7 Å². The number of benzene rings is 1. The Balaban J connectivity index is 1.50. The molecule has 5 atom stereocenters. The molecule has 3 aromatic rings. The molecule has 0 amide bonds.